The van der Waals surface area contributed by atoms with Crippen LogP contribution >= 0.6 is 0 Å². The van der Waals surface area contributed by atoms with Crippen LogP contribution in [0.5, 0.6) is 0 Å². The fourth-order valence-corrected chi connectivity index (χ4v) is 3.07. The fourth-order valence-electron chi connectivity index (χ4n) is 3.07. The zero-order chi connectivity index (χ0) is 14.6. The van der Waals surface area contributed by atoms with Crippen molar-refractivity contribution in [2.75, 3.05) is 6.61 Å². The molecule has 0 rings (SSSR count). The second-order valence-electron chi connectivity index (χ2n) is 8.30. The van der Waals surface area contributed by atoms with E-state index in [9.17, 15) is 0 Å². The summed E-state index contributed by atoms with van der Waals surface area (Å²) in [5.74, 6) is 0.705. The molecule has 0 aromatic carbocycles. The number of rotatable bonds is 8. The summed E-state index contributed by atoms with van der Waals surface area (Å²) in [6, 6.07) is 0. The number of hydrogen-bond acceptors (Lipinski definition) is 2. The lowest BCUT2D eigenvalue weighted by Crippen LogP contribution is -2.41. The van der Waals surface area contributed by atoms with E-state index < -0.39 is 0 Å². The molecule has 0 aromatic heterocycles. The van der Waals surface area contributed by atoms with Crippen LogP contribution in [-0.2, 0) is 4.74 Å². The van der Waals surface area contributed by atoms with Gasteiger partial charge in [0.1, 0.15) is 0 Å². The predicted molar refractivity (Wildman–Crippen MR) is 80.8 cm³/mol. The van der Waals surface area contributed by atoms with E-state index in [1.54, 1.807) is 0 Å². The average molecular weight is 257 g/mol. The Kier molecular flexibility index (Phi) is 6.35. The summed E-state index contributed by atoms with van der Waals surface area (Å²) in [6.45, 7) is 18.5. The van der Waals surface area contributed by atoms with Crippen molar-refractivity contribution >= 4 is 0 Å². The summed E-state index contributed by atoms with van der Waals surface area (Å²) >= 11 is 0. The van der Waals surface area contributed by atoms with Gasteiger partial charge in [0.05, 0.1) is 5.60 Å². The molecule has 0 amide bonds. The molecule has 0 saturated heterocycles. The lowest BCUT2D eigenvalue weighted by atomic mass is 9.74. The molecular weight excluding hydrogens is 222 g/mol. The maximum Gasteiger partial charge on any atom is 0.0631 e. The van der Waals surface area contributed by atoms with Crippen LogP contribution in [0.25, 0.3) is 0 Å². The zero-order valence-electron chi connectivity index (χ0n) is 13.9. The molecule has 0 saturated carbocycles. The minimum absolute atomic E-state index is 0.0658. The Hall–Kier alpha value is -0.0800. The standard InChI is InChI=1S/C16H35NO/c1-13(2)9-10-18-16(7,8)12-14(3,4)11-15(5,6)17/h13H,9-12,17H2,1-8H3. The van der Waals surface area contributed by atoms with E-state index in [0.29, 0.717) is 5.92 Å². The Morgan fingerprint density at radius 2 is 1.44 bits per heavy atom. The highest BCUT2D eigenvalue weighted by Gasteiger charge is 2.32. The van der Waals surface area contributed by atoms with Crippen molar-refractivity contribution < 1.29 is 4.74 Å². The maximum absolute atomic E-state index is 6.14. The van der Waals surface area contributed by atoms with Crippen molar-refractivity contribution in [2.45, 2.75) is 85.8 Å². The molecule has 0 aliphatic rings. The van der Waals surface area contributed by atoms with Gasteiger partial charge >= 0.3 is 0 Å². The van der Waals surface area contributed by atoms with Crippen molar-refractivity contribution in [2.24, 2.45) is 17.1 Å². The van der Waals surface area contributed by atoms with Gasteiger partial charge in [0.2, 0.25) is 0 Å². The van der Waals surface area contributed by atoms with E-state index in [4.69, 9.17) is 10.5 Å². The van der Waals surface area contributed by atoms with Gasteiger partial charge in [0.25, 0.3) is 0 Å². The highest BCUT2D eigenvalue weighted by atomic mass is 16.5. The van der Waals surface area contributed by atoms with Gasteiger partial charge in [-0.05, 0) is 58.3 Å². The van der Waals surface area contributed by atoms with Crippen molar-refractivity contribution in [1.82, 2.24) is 0 Å². The Balaban J connectivity index is 4.28. The van der Waals surface area contributed by atoms with Gasteiger partial charge in [0, 0.05) is 12.1 Å². The molecule has 0 aliphatic heterocycles. The van der Waals surface area contributed by atoms with Gasteiger partial charge in [0.15, 0.2) is 0 Å². The minimum atomic E-state index is -0.114. The fraction of sp³-hybridized carbons (Fsp3) is 1.00. The second-order valence-corrected chi connectivity index (χ2v) is 8.30. The minimum Gasteiger partial charge on any atom is -0.376 e. The molecule has 2 heteroatoms. The van der Waals surface area contributed by atoms with Crippen LogP contribution in [-0.4, -0.2) is 17.7 Å². The molecule has 0 bridgehead atoms. The molecule has 0 atom stereocenters. The third kappa shape index (κ3) is 9.90. The van der Waals surface area contributed by atoms with Crippen molar-refractivity contribution in [3.05, 3.63) is 0 Å². The predicted octanol–water partition coefficient (Wildman–Crippen LogP) is 4.37. The van der Waals surface area contributed by atoms with E-state index in [-0.39, 0.29) is 16.6 Å². The summed E-state index contributed by atoms with van der Waals surface area (Å²) in [5, 5.41) is 0. The monoisotopic (exact) mass is 257 g/mol. The highest BCUT2D eigenvalue weighted by molar-refractivity contribution is 4.87. The Morgan fingerprint density at radius 1 is 0.944 bits per heavy atom. The Morgan fingerprint density at radius 3 is 1.83 bits per heavy atom. The van der Waals surface area contributed by atoms with Crippen LogP contribution in [0.3, 0.4) is 0 Å². The molecule has 0 fully saturated rings. The van der Waals surface area contributed by atoms with E-state index in [2.05, 4.69) is 55.4 Å². The first-order valence-electron chi connectivity index (χ1n) is 7.26. The molecule has 18 heavy (non-hydrogen) atoms. The van der Waals surface area contributed by atoms with Crippen LogP contribution in [0.15, 0.2) is 0 Å². The van der Waals surface area contributed by atoms with Crippen LogP contribution in [0.4, 0.5) is 0 Å². The van der Waals surface area contributed by atoms with Gasteiger partial charge in [-0.1, -0.05) is 27.7 Å². The lowest BCUT2D eigenvalue weighted by Gasteiger charge is -2.38. The maximum atomic E-state index is 6.14. The molecule has 0 aromatic rings. The summed E-state index contributed by atoms with van der Waals surface area (Å²) in [4.78, 5) is 0. The van der Waals surface area contributed by atoms with E-state index >= 15 is 0 Å². The summed E-state index contributed by atoms with van der Waals surface area (Å²) in [5.41, 5.74) is 6.17. The van der Waals surface area contributed by atoms with Crippen molar-refractivity contribution in [1.29, 1.82) is 0 Å². The van der Waals surface area contributed by atoms with E-state index in [1.165, 1.54) is 0 Å². The first-order valence-corrected chi connectivity index (χ1v) is 7.26. The van der Waals surface area contributed by atoms with Crippen LogP contribution in [0.1, 0.15) is 74.7 Å². The topological polar surface area (TPSA) is 35.2 Å². The summed E-state index contributed by atoms with van der Waals surface area (Å²) in [7, 11) is 0. The van der Waals surface area contributed by atoms with E-state index in [0.717, 1.165) is 25.9 Å². The molecule has 2 N–H and O–H groups in total. The lowest BCUT2D eigenvalue weighted by molar-refractivity contribution is -0.0527. The van der Waals surface area contributed by atoms with Gasteiger partial charge in [-0.2, -0.15) is 0 Å². The van der Waals surface area contributed by atoms with Gasteiger partial charge in [-0.3, -0.25) is 0 Å². The van der Waals surface area contributed by atoms with Gasteiger partial charge < -0.3 is 10.5 Å². The second kappa shape index (κ2) is 6.38. The third-order valence-corrected chi connectivity index (χ3v) is 3.03. The summed E-state index contributed by atoms with van der Waals surface area (Å²) < 4.78 is 6.05. The number of nitrogens with two attached hydrogens (primary N) is 1. The van der Waals surface area contributed by atoms with Gasteiger partial charge in [-0.15, -0.1) is 0 Å². The molecule has 0 spiro atoms. The Labute approximate surface area is 115 Å². The van der Waals surface area contributed by atoms with Crippen LogP contribution < -0.4 is 5.73 Å². The largest absolute Gasteiger partial charge is 0.376 e. The zero-order valence-corrected chi connectivity index (χ0v) is 13.9. The molecule has 2 nitrogen and oxygen atoms in total. The highest BCUT2D eigenvalue weighted by Crippen LogP contribution is 2.36. The van der Waals surface area contributed by atoms with Crippen LogP contribution in [0, 0.1) is 11.3 Å². The van der Waals surface area contributed by atoms with Crippen LogP contribution in [0.2, 0.25) is 0 Å². The smallest absolute Gasteiger partial charge is 0.0631 e. The number of hydrogen-bond donors (Lipinski definition) is 1. The normalized spacial score (nSPS) is 14.3. The molecule has 0 heterocycles. The molecule has 0 radical (unpaired) electrons. The van der Waals surface area contributed by atoms with Crippen molar-refractivity contribution in [3.8, 4) is 0 Å². The quantitative estimate of drug-likeness (QED) is 0.700. The molecule has 0 unspecified atom stereocenters. The SMILES string of the molecule is CC(C)CCOC(C)(C)CC(C)(C)CC(C)(C)N. The first kappa shape index (κ1) is 17.9. The van der Waals surface area contributed by atoms with Crippen molar-refractivity contribution in [3.63, 3.8) is 0 Å². The summed E-state index contributed by atoms with van der Waals surface area (Å²) in [6.07, 6.45) is 3.18. The van der Waals surface area contributed by atoms with Gasteiger partial charge in [-0.25, -0.2) is 0 Å². The first-order chi connectivity index (χ1) is 7.83. The average Bonchev–Trinajstić information content (AvgIpc) is 1.93. The molecule has 110 valence electrons. The third-order valence-electron chi connectivity index (χ3n) is 3.03. The Bertz CT molecular complexity index is 236. The molecule has 0 aliphatic carbocycles. The van der Waals surface area contributed by atoms with E-state index in [1.807, 2.05) is 0 Å². The number of ether oxygens (including phenoxy) is 1. The molecular formula is C16H35NO.